The van der Waals surface area contributed by atoms with Gasteiger partial charge in [-0.15, -0.1) is 0 Å². The Bertz CT molecular complexity index is 921. The first-order valence-corrected chi connectivity index (χ1v) is 6.84. The van der Waals surface area contributed by atoms with Crippen molar-refractivity contribution in [2.75, 3.05) is 0 Å². The molecular formula is C18H13N3O. The minimum atomic E-state index is -0.389. The molecule has 1 N–H and O–H groups in total. The number of rotatable bonds is 2. The Morgan fingerprint density at radius 3 is 2.64 bits per heavy atom. The van der Waals surface area contributed by atoms with Crippen molar-refractivity contribution >= 4 is 0 Å². The highest BCUT2D eigenvalue weighted by Crippen LogP contribution is 2.25. The van der Waals surface area contributed by atoms with Crippen LogP contribution in [-0.4, -0.2) is 9.97 Å². The number of hydrogen-bond donors (Lipinski definition) is 1. The lowest BCUT2D eigenvalue weighted by Crippen LogP contribution is -2.12. The van der Waals surface area contributed by atoms with Crippen molar-refractivity contribution in [1.82, 2.24) is 9.97 Å². The second-order valence-electron chi connectivity index (χ2n) is 5.02. The van der Waals surface area contributed by atoms with Crippen LogP contribution in [0.5, 0.6) is 0 Å². The number of hydrogen-bond acceptors (Lipinski definition) is 3. The summed E-state index contributed by atoms with van der Waals surface area (Å²) < 4.78 is 0. The van der Waals surface area contributed by atoms with Crippen LogP contribution < -0.4 is 5.56 Å². The summed E-state index contributed by atoms with van der Waals surface area (Å²) >= 11 is 0. The van der Waals surface area contributed by atoms with E-state index in [1.165, 1.54) is 0 Å². The molecule has 0 saturated carbocycles. The first-order valence-electron chi connectivity index (χ1n) is 6.84. The molecule has 2 aromatic heterocycles. The van der Waals surface area contributed by atoms with Crippen LogP contribution in [-0.2, 0) is 0 Å². The molecule has 22 heavy (non-hydrogen) atoms. The molecule has 1 aromatic carbocycles. The summed E-state index contributed by atoms with van der Waals surface area (Å²) in [5.74, 6) is 0. The van der Waals surface area contributed by atoms with Crippen LogP contribution in [0.1, 0.15) is 11.1 Å². The van der Waals surface area contributed by atoms with Gasteiger partial charge in [0, 0.05) is 29.2 Å². The molecule has 0 aliphatic rings. The molecule has 0 amide bonds. The highest BCUT2D eigenvalue weighted by Gasteiger charge is 2.12. The second-order valence-corrected chi connectivity index (χ2v) is 5.02. The minimum Gasteiger partial charge on any atom is -0.321 e. The normalized spacial score (nSPS) is 10.2. The van der Waals surface area contributed by atoms with Crippen molar-refractivity contribution in [3.63, 3.8) is 0 Å². The van der Waals surface area contributed by atoms with E-state index < -0.39 is 0 Å². The predicted molar refractivity (Wildman–Crippen MR) is 85.2 cm³/mol. The van der Waals surface area contributed by atoms with Gasteiger partial charge in [-0.3, -0.25) is 9.78 Å². The summed E-state index contributed by atoms with van der Waals surface area (Å²) in [5, 5.41) is 9.28. The van der Waals surface area contributed by atoms with Gasteiger partial charge >= 0.3 is 0 Å². The number of H-pyrrole nitrogens is 1. The number of nitrogens with one attached hydrogen (secondary N) is 1. The smallest absolute Gasteiger partial charge is 0.266 e. The molecular weight excluding hydrogens is 274 g/mol. The summed E-state index contributed by atoms with van der Waals surface area (Å²) in [6.45, 7) is 1.99. The van der Waals surface area contributed by atoms with E-state index in [0.29, 0.717) is 11.3 Å². The molecule has 0 spiro atoms. The average molecular weight is 287 g/mol. The SMILES string of the molecule is Cc1cccc(-c2cc(-c3cccnc3)c(C#N)c(=O)[nH]2)c1. The van der Waals surface area contributed by atoms with Gasteiger partial charge in [0.05, 0.1) is 0 Å². The molecule has 0 saturated heterocycles. The average Bonchev–Trinajstić information content (AvgIpc) is 2.55. The third-order valence-corrected chi connectivity index (χ3v) is 3.45. The quantitative estimate of drug-likeness (QED) is 0.786. The third kappa shape index (κ3) is 2.52. The van der Waals surface area contributed by atoms with Gasteiger partial charge in [0.15, 0.2) is 0 Å². The zero-order valence-corrected chi connectivity index (χ0v) is 12.0. The fourth-order valence-electron chi connectivity index (χ4n) is 2.39. The number of benzene rings is 1. The molecule has 0 fully saturated rings. The number of aromatic amines is 1. The number of pyridine rings is 2. The van der Waals surface area contributed by atoms with Gasteiger partial charge in [-0.1, -0.05) is 29.8 Å². The minimum absolute atomic E-state index is 0.101. The maximum absolute atomic E-state index is 12.2. The van der Waals surface area contributed by atoms with Crippen molar-refractivity contribution in [1.29, 1.82) is 5.26 Å². The summed E-state index contributed by atoms with van der Waals surface area (Å²) in [6.07, 6.45) is 3.31. The predicted octanol–water partition coefficient (Wildman–Crippen LogP) is 3.28. The molecule has 0 aliphatic heterocycles. The van der Waals surface area contributed by atoms with Gasteiger partial charge in [-0.25, -0.2) is 0 Å². The monoisotopic (exact) mass is 287 g/mol. The largest absolute Gasteiger partial charge is 0.321 e. The van der Waals surface area contributed by atoms with Crippen LogP contribution in [0.4, 0.5) is 0 Å². The van der Waals surface area contributed by atoms with Crippen LogP contribution in [0.3, 0.4) is 0 Å². The van der Waals surface area contributed by atoms with E-state index in [0.717, 1.165) is 16.7 Å². The van der Waals surface area contributed by atoms with Gasteiger partial charge in [-0.05, 0) is 30.7 Å². The second kappa shape index (κ2) is 5.66. The maximum Gasteiger partial charge on any atom is 0.266 e. The van der Waals surface area contributed by atoms with Crippen LogP contribution in [0.15, 0.2) is 59.7 Å². The molecule has 0 unspecified atom stereocenters. The topological polar surface area (TPSA) is 69.5 Å². The summed E-state index contributed by atoms with van der Waals surface area (Å²) in [4.78, 5) is 19.1. The van der Waals surface area contributed by atoms with E-state index in [9.17, 15) is 10.1 Å². The van der Waals surface area contributed by atoms with Gasteiger partial charge < -0.3 is 4.98 Å². The summed E-state index contributed by atoms with van der Waals surface area (Å²) in [6, 6.07) is 15.3. The third-order valence-electron chi connectivity index (χ3n) is 3.45. The lowest BCUT2D eigenvalue weighted by atomic mass is 10.00. The molecule has 3 rings (SSSR count). The number of aryl methyl sites for hydroxylation is 1. The first kappa shape index (κ1) is 13.8. The Labute approximate surface area is 127 Å². The van der Waals surface area contributed by atoms with Crippen molar-refractivity contribution < 1.29 is 0 Å². The molecule has 0 aliphatic carbocycles. The van der Waals surface area contributed by atoms with E-state index in [1.807, 2.05) is 49.4 Å². The molecule has 3 aromatic rings. The molecule has 2 heterocycles. The van der Waals surface area contributed by atoms with E-state index in [1.54, 1.807) is 18.5 Å². The molecule has 4 heteroatoms. The highest BCUT2D eigenvalue weighted by molar-refractivity contribution is 5.74. The fourth-order valence-corrected chi connectivity index (χ4v) is 2.39. The van der Waals surface area contributed by atoms with Crippen molar-refractivity contribution in [3.05, 3.63) is 76.3 Å². The van der Waals surface area contributed by atoms with Gasteiger partial charge in [0.2, 0.25) is 0 Å². The Morgan fingerprint density at radius 2 is 1.95 bits per heavy atom. The molecule has 4 nitrogen and oxygen atoms in total. The van der Waals surface area contributed by atoms with Crippen LogP contribution in [0.25, 0.3) is 22.4 Å². The van der Waals surface area contributed by atoms with Crippen LogP contribution in [0, 0.1) is 18.3 Å². The Morgan fingerprint density at radius 1 is 1.14 bits per heavy atom. The van der Waals surface area contributed by atoms with Crippen molar-refractivity contribution in [2.24, 2.45) is 0 Å². The van der Waals surface area contributed by atoms with E-state index in [2.05, 4.69) is 9.97 Å². The number of nitriles is 1. The lowest BCUT2D eigenvalue weighted by molar-refractivity contribution is 1.21. The standard InChI is InChI=1S/C18H13N3O/c1-12-4-2-5-13(8-12)17-9-15(14-6-3-7-20-11-14)16(10-19)18(22)21-17/h2-9,11H,1H3,(H,21,22). The van der Waals surface area contributed by atoms with E-state index in [-0.39, 0.29) is 11.1 Å². The fraction of sp³-hybridized carbons (Fsp3) is 0.0556. The van der Waals surface area contributed by atoms with Gasteiger partial charge in [0.1, 0.15) is 11.6 Å². The highest BCUT2D eigenvalue weighted by atomic mass is 16.1. The van der Waals surface area contributed by atoms with E-state index >= 15 is 0 Å². The van der Waals surface area contributed by atoms with Gasteiger partial charge in [-0.2, -0.15) is 5.26 Å². The van der Waals surface area contributed by atoms with Crippen molar-refractivity contribution in [3.8, 4) is 28.5 Å². The number of nitrogens with zero attached hydrogens (tertiary/aromatic N) is 2. The van der Waals surface area contributed by atoms with Gasteiger partial charge in [0.25, 0.3) is 5.56 Å². The van der Waals surface area contributed by atoms with Crippen LogP contribution in [0.2, 0.25) is 0 Å². The molecule has 106 valence electrons. The van der Waals surface area contributed by atoms with Crippen molar-refractivity contribution in [2.45, 2.75) is 6.92 Å². The van der Waals surface area contributed by atoms with Crippen LogP contribution >= 0.6 is 0 Å². The Balaban J connectivity index is 2.26. The summed E-state index contributed by atoms with van der Waals surface area (Å²) in [5.41, 5.74) is 3.75. The number of aromatic nitrogens is 2. The Hall–Kier alpha value is -3.19. The van der Waals surface area contributed by atoms with E-state index in [4.69, 9.17) is 0 Å². The lowest BCUT2D eigenvalue weighted by Gasteiger charge is -2.08. The zero-order valence-electron chi connectivity index (χ0n) is 12.0. The molecule has 0 radical (unpaired) electrons. The summed E-state index contributed by atoms with van der Waals surface area (Å²) in [7, 11) is 0. The maximum atomic E-state index is 12.2. The molecule has 0 bridgehead atoms. The first-order chi connectivity index (χ1) is 10.7. The molecule has 0 atom stereocenters. The zero-order chi connectivity index (χ0) is 15.5. The Kier molecular flexibility index (Phi) is 3.55.